The summed E-state index contributed by atoms with van der Waals surface area (Å²) in [5, 5.41) is 12.5. The van der Waals surface area contributed by atoms with Crippen molar-refractivity contribution < 1.29 is 22.4 Å². The third kappa shape index (κ3) is 5.17. The summed E-state index contributed by atoms with van der Waals surface area (Å²) >= 11 is 0. The lowest BCUT2D eigenvalue weighted by atomic mass is 10.1. The number of nitrogens with one attached hydrogen (secondary N) is 1. The zero-order valence-corrected chi connectivity index (χ0v) is 18.9. The van der Waals surface area contributed by atoms with Gasteiger partial charge in [0, 0.05) is 23.3 Å². The number of amides is 1. The van der Waals surface area contributed by atoms with Crippen LogP contribution >= 0.6 is 0 Å². The van der Waals surface area contributed by atoms with Crippen LogP contribution in [0.3, 0.4) is 0 Å². The standard InChI is InChI=1S/C25H17F3N6O3/c26-25(27,28)21-10-11-33(31-21)15-22(35)30-29-13-17-14-34(18-7-2-1-3-8-18)32-23(17)19-12-16-6-4-5-9-20(16)37-24(19)36/h1-14H,15H2,(H,30,35)/b29-13-. The molecule has 1 amide bonds. The van der Waals surface area contributed by atoms with E-state index >= 15 is 0 Å². The second-order valence-electron chi connectivity index (χ2n) is 7.89. The Morgan fingerprint density at radius 3 is 2.57 bits per heavy atom. The number of halogens is 3. The SMILES string of the molecule is O=C(Cn1ccc(C(F)(F)F)n1)N/N=C\c1cn(-c2ccccc2)nc1-c1cc2ccccc2oc1=O. The van der Waals surface area contributed by atoms with Crippen LogP contribution in [0.25, 0.3) is 27.9 Å². The molecular formula is C25H17F3N6O3. The first-order valence-corrected chi connectivity index (χ1v) is 10.9. The number of fused-ring (bicyclic) bond motifs is 1. The molecule has 12 heteroatoms. The molecule has 5 aromatic rings. The lowest BCUT2D eigenvalue weighted by molar-refractivity contribution is -0.141. The Morgan fingerprint density at radius 1 is 1.05 bits per heavy atom. The van der Waals surface area contributed by atoms with Gasteiger partial charge in [-0.3, -0.25) is 9.48 Å². The second kappa shape index (κ2) is 9.57. The first-order valence-electron chi connectivity index (χ1n) is 10.9. The number of nitrogens with zero attached hydrogens (tertiary/aromatic N) is 5. The van der Waals surface area contributed by atoms with Crippen molar-refractivity contribution in [2.45, 2.75) is 12.7 Å². The minimum atomic E-state index is -4.61. The van der Waals surface area contributed by atoms with Crippen LogP contribution in [-0.2, 0) is 17.5 Å². The Bertz CT molecular complexity index is 1670. The average molecular weight is 506 g/mol. The van der Waals surface area contributed by atoms with Gasteiger partial charge >= 0.3 is 11.8 Å². The topological polar surface area (TPSA) is 107 Å². The van der Waals surface area contributed by atoms with Crippen LogP contribution < -0.4 is 11.1 Å². The zero-order valence-electron chi connectivity index (χ0n) is 18.9. The molecule has 37 heavy (non-hydrogen) atoms. The van der Waals surface area contributed by atoms with E-state index in [9.17, 15) is 22.8 Å². The third-order valence-corrected chi connectivity index (χ3v) is 5.29. The molecule has 3 heterocycles. The molecule has 2 aromatic carbocycles. The Labute approximate surface area is 206 Å². The molecule has 0 unspecified atom stereocenters. The lowest BCUT2D eigenvalue weighted by Gasteiger charge is -2.02. The number of carbonyl (C=O) groups excluding carboxylic acids is 1. The fraction of sp³-hybridized carbons (Fsp3) is 0.0800. The van der Waals surface area contributed by atoms with Crippen LogP contribution in [0.1, 0.15) is 11.3 Å². The lowest BCUT2D eigenvalue weighted by Crippen LogP contribution is -2.23. The number of hydrogen-bond donors (Lipinski definition) is 1. The van der Waals surface area contributed by atoms with Gasteiger partial charge in [0.05, 0.1) is 17.5 Å². The number of alkyl halides is 3. The van der Waals surface area contributed by atoms with Crippen molar-refractivity contribution in [2.24, 2.45) is 5.10 Å². The molecule has 0 bridgehead atoms. The quantitative estimate of drug-likeness (QED) is 0.213. The van der Waals surface area contributed by atoms with Gasteiger partial charge in [0.25, 0.3) is 5.91 Å². The van der Waals surface area contributed by atoms with Crippen LogP contribution in [0.5, 0.6) is 0 Å². The number of carbonyl (C=O) groups is 1. The van der Waals surface area contributed by atoms with Crippen LogP contribution in [-0.4, -0.2) is 31.7 Å². The maximum atomic E-state index is 12.8. The smallest absolute Gasteiger partial charge is 0.422 e. The first-order chi connectivity index (χ1) is 17.8. The van der Waals surface area contributed by atoms with E-state index in [1.807, 2.05) is 36.4 Å². The minimum absolute atomic E-state index is 0.192. The molecule has 0 saturated carbocycles. The number of hydrazone groups is 1. The number of benzene rings is 2. The van der Waals surface area contributed by atoms with Crippen LogP contribution in [0, 0.1) is 0 Å². The summed E-state index contributed by atoms with van der Waals surface area (Å²) in [5.74, 6) is -0.699. The van der Waals surface area contributed by atoms with Crippen molar-refractivity contribution >= 4 is 23.1 Å². The van der Waals surface area contributed by atoms with Gasteiger partial charge in [-0.05, 0) is 30.3 Å². The molecule has 0 radical (unpaired) electrons. The van der Waals surface area contributed by atoms with E-state index in [1.54, 1.807) is 35.1 Å². The zero-order chi connectivity index (χ0) is 26.0. The maximum Gasteiger partial charge on any atom is 0.435 e. The van der Waals surface area contributed by atoms with Crippen LogP contribution in [0.2, 0.25) is 0 Å². The van der Waals surface area contributed by atoms with Crippen LogP contribution in [0.4, 0.5) is 13.2 Å². The predicted molar refractivity (Wildman–Crippen MR) is 128 cm³/mol. The molecule has 0 aliphatic rings. The molecule has 9 nitrogen and oxygen atoms in total. The van der Waals surface area contributed by atoms with Gasteiger partial charge in [0.15, 0.2) is 5.69 Å². The highest BCUT2D eigenvalue weighted by Gasteiger charge is 2.33. The molecule has 0 spiro atoms. The van der Waals surface area contributed by atoms with Crippen molar-refractivity contribution in [3.05, 3.63) is 101 Å². The van der Waals surface area contributed by atoms with E-state index in [-0.39, 0.29) is 11.3 Å². The highest BCUT2D eigenvalue weighted by molar-refractivity contribution is 5.91. The summed E-state index contributed by atoms with van der Waals surface area (Å²) in [4.78, 5) is 25.0. The predicted octanol–water partition coefficient (Wildman–Crippen LogP) is 4.01. The van der Waals surface area contributed by atoms with Gasteiger partial charge in [-0.1, -0.05) is 36.4 Å². The van der Waals surface area contributed by atoms with E-state index < -0.39 is 29.9 Å². The molecule has 186 valence electrons. The van der Waals surface area contributed by atoms with Crippen molar-refractivity contribution in [3.63, 3.8) is 0 Å². The Morgan fingerprint density at radius 2 is 1.81 bits per heavy atom. The molecule has 5 rings (SSSR count). The van der Waals surface area contributed by atoms with Gasteiger partial charge in [-0.25, -0.2) is 14.9 Å². The summed E-state index contributed by atoms with van der Waals surface area (Å²) in [7, 11) is 0. The Hall–Kier alpha value is -5.00. The normalized spacial score (nSPS) is 11.9. The second-order valence-corrected chi connectivity index (χ2v) is 7.89. The van der Waals surface area contributed by atoms with Gasteiger partial charge in [0.1, 0.15) is 17.8 Å². The summed E-state index contributed by atoms with van der Waals surface area (Å²) < 4.78 is 46.0. The van der Waals surface area contributed by atoms with E-state index in [4.69, 9.17) is 4.42 Å². The van der Waals surface area contributed by atoms with Crippen molar-refractivity contribution in [1.82, 2.24) is 25.0 Å². The third-order valence-electron chi connectivity index (χ3n) is 5.29. The summed E-state index contributed by atoms with van der Waals surface area (Å²) in [6, 6.07) is 18.6. The number of hydrogen-bond acceptors (Lipinski definition) is 6. The average Bonchev–Trinajstić information content (AvgIpc) is 3.52. The van der Waals surface area contributed by atoms with Crippen molar-refractivity contribution in [2.75, 3.05) is 0 Å². The first kappa shape index (κ1) is 23.7. The molecule has 0 fully saturated rings. The molecule has 3 aromatic heterocycles. The summed E-state index contributed by atoms with van der Waals surface area (Å²) in [6.07, 6.45) is -0.644. The number of aromatic nitrogens is 4. The highest BCUT2D eigenvalue weighted by atomic mass is 19.4. The fourth-order valence-electron chi connectivity index (χ4n) is 3.59. The maximum absolute atomic E-state index is 12.8. The summed E-state index contributed by atoms with van der Waals surface area (Å²) in [5.41, 5.74) is 2.54. The Kier molecular flexibility index (Phi) is 6.14. The number of rotatable bonds is 6. The minimum Gasteiger partial charge on any atom is -0.422 e. The molecule has 0 atom stereocenters. The van der Waals surface area contributed by atoms with Gasteiger partial charge in [-0.15, -0.1) is 0 Å². The summed E-state index contributed by atoms with van der Waals surface area (Å²) in [6.45, 7) is -0.474. The van der Waals surface area contributed by atoms with Gasteiger partial charge < -0.3 is 4.42 Å². The number of para-hydroxylation sites is 2. The molecule has 0 aliphatic carbocycles. The van der Waals surface area contributed by atoms with Crippen molar-refractivity contribution in [3.8, 4) is 16.9 Å². The molecular weight excluding hydrogens is 489 g/mol. The van der Waals surface area contributed by atoms with Crippen LogP contribution in [0.15, 0.2) is 93.4 Å². The van der Waals surface area contributed by atoms with Gasteiger partial charge in [0.2, 0.25) is 0 Å². The molecule has 1 N–H and O–H groups in total. The van der Waals surface area contributed by atoms with E-state index in [0.717, 1.165) is 22.6 Å². The van der Waals surface area contributed by atoms with E-state index in [1.165, 1.54) is 6.21 Å². The monoisotopic (exact) mass is 506 g/mol. The molecule has 0 aliphatic heterocycles. The highest BCUT2D eigenvalue weighted by Crippen LogP contribution is 2.27. The molecule has 0 saturated heterocycles. The van der Waals surface area contributed by atoms with E-state index in [2.05, 4.69) is 20.7 Å². The largest absolute Gasteiger partial charge is 0.435 e. The van der Waals surface area contributed by atoms with E-state index in [0.29, 0.717) is 16.5 Å². The van der Waals surface area contributed by atoms with Crippen molar-refractivity contribution in [1.29, 1.82) is 0 Å². The fourth-order valence-corrected chi connectivity index (χ4v) is 3.59. The Balaban J connectivity index is 1.43. The van der Waals surface area contributed by atoms with Gasteiger partial charge in [-0.2, -0.15) is 28.5 Å².